The summed E-state index contributed by atoms with van der Waals surface area (Å²) >= 11 is 3.60. The van der Waals surface area contributed by atoms with Gasteiger partial charge in [0.2, 0.25) is 0 Å². The van der Waals surface area contributed by atoms with Gasteiger partial charge in [0.15, 0.2) is 0 Å². The van der Waals surface area contributed by atoms with Gasteiger partial charge in [-0.1, -0.05) is 24.3 Å². The van der Waals surface area contributed by atoms with Crippen LogP contribution in [0.4, 0.5) is 0 Å². The van der Waals surface area contributed by atoms with Crippen molar-refractivity contribution in [1.82, 2.24) is 5.32 Å². The molecule has 0 aliphatic rings. The molecule has 2 aromatic rings. The number of hydrogen-bond donors (Lipinski definition) is 1. The van der Waals surface area contributed by atoms with E-state index in [9.17, 15) is 0 Å². The van der Waals surface area contributed by atoms with Crippen LogP contribution < -0.4 is 10.1 Å². The van der Waals surface area contributed by atoms with Gasteiger partial charge in [-0.25, -0.2) is 0 Å². The van der Waals surface area contributed by atoms with Crippen LogP contribution in [0.15, 0.2) is 40.9 Å². The first-order valence-electron chi connectivity index (χ1n) is 7.24. The van der Waals surface area contributed by atoms with Gasteiger partial charge in [0.25, 0.3) is 0 Å². The van der Waals surface area contributed by atoms with Crippen molar-refractivity contribution in [2.75, 3.05) is 13.7 Å². The molecule has 0 amide bonds. The zero-order chi connectivity index (χ0) is 15.4. The fraction of sp³-hybridized carbons (Fsp3) is 0.333. The lowest BCUT2D eigenvalue weighted by atomic mass is 9.93. The Kier molecular flexibility index (Phi) is 5.43. The highest BCUT2D eigenvalue weighted by atomic mass is 79.9. The summed E-state index contributed by atoms with van der Waals surface area (Å²) in [6.07, 6.45) is 0. The number of benzene rings is 2. The molecule has 1 atom stereocenters. The van der Waals surface area contributed by atoms with Gasteiger partial charge in [-0.3, -0.25) is 0 Å². The van der Waals surface area contributed by atoms with Crippen molar-refractivity contribution >= 4 is 15.9 Å². The highest BCUT2D eigenvalue weighted by Crippen LogP contribution is 2.32. The molecule has 0 bridgehead atoms. The molecule has 3 heteroatoms. The summed E-state index contributed by atoms with van der Waals surface area (Å²) in [5.41, 5.74) is 5.19. The summed E-state index contributed by atoms with van der Waals surface area (Å²) in [6, 6.07) is 12.9. The lowest BCUT2D eigenvalue weighted by molar-refractivity contribution is 0.338. The van der Waals surface area contributed by atoms with Crippen molar-refractivity contribution in [2.45, 2.75) is 26.8 Å². The minimum Gasteiger partial charge on any atom is -0.493 e. The molecule has 0 spiro atoms. The van der Waals surface area contributed by atoms with Gasteiger partial charge in [0.1, 0.15) is 5.75 Å². The smallest absolute Gasteiger partial charge is 0.133 e. The molecule has 0 aliphatic carbocycles. The van der Waals surface area contributed by atoms with E-state index in [1.165, 1.54) is 22.3 Å². The zero-order valence-electron chi connectivity index (χ0n) is 13.0. The molecule has 0 heterocycles. The summed E-state index contributed by atoms with van der Waals surface area (Å²) in [6.45, 7) is 7.00. The van der Waals surface area contributed by atoms with Crippen LogP contribution in [0.25, 0.3) is 0 Å². The zero-order valence-corrected chi connectivity index (χ0v) is 14.6. The van der Waals surface area contributed by atoms with Gasteiger partial charge >= 0.3 is 0 Å². The van der Waals surface area contributed by atoms with E-state index in [-0.39, 0.29) is 6.04 Å². The SMILES string of the molecule is CCOc1ccc(C(NC)c2cccc(C)c2C)cc1Br. The normalized spacial score (nSPS) is 12.2. The minimum atomic E-state index is 0.178. The fourth-order valence-electron chi connectivity index (χ4n) is 2.56. The van der Waals surface area contributed by atoms with E-state index in [1.54, 1.807) is 0 Å². The molecule has 2 rings (SSSR count). The van der Waals surface area contributed by atoms with E-state index in [4.69, 9.17) is 4.74 Å². The van der Waals surface area contributed by atoms with Gasteiger partial charge in [-0.05, 0) is 78.1 Å². The van der Waals surface area contributed by atoms with Crippen LogP contribution in [0.3, 0.4) is 0 Å². The standard InChI is InChI=1S/C18H22BrNO/c1-5-21-17-10-9-14(11-16(17)19)18(20-4)15-8-6-7-12(2)13(15)3/h6-11,18,20H,5H2,1-4H3. The Morgan fingerprint density at radius 2 is 1.95 bits per heavy atom. The highest BCUT2D eigenvalue weighted by molar-refractivity contribution is 9.10. The molecule has 0 aliphatic heterocycles. The van der Waals surface area contributed by atoms with E-state index < -0.39 is 0 Å². The first kappa shape index (κ1) is 16.1. The number of aryl methyl sites for hydroxylation is 1. The minimum absolute atomic E-state index is 0.178. The third-order valence-corrected chi connectivity index (χ3v) is 4.46. The van der Waals surface area contributed by atoms with E-state index in [0.29, 0.717) is 6.61 Å². The predicted octanol–water partition coefficient (Wildman–Crippen LogP) is 4.77. The average molecular weight is 348 g/mol. The summed E-state index contributed by atoms with van der Waals surface area (Å²) in [5, 5.41) is 3.42. The third-order valence-electron chi connectivity index (χ3n) is 3.84. The van der Waals surface area contributed by atoms with Gasteiger partial charge in [-0.15, -0.1) is 0 Å². The van der Waals surface area contributed by atoms with Crippen LogP contribution in [0, 0.1) is 13.8 Å². The van der Waals surface area contributed by atoms with Crippen LogP contribution >= 0.6 is 15.9 Å². The van der Waals surface area contributed by atoms with Crippen molar-refractivity contribution in [1.29, 1.82) is 0 Å². The first-order chi connectivity index (χ1) is 10.1. The molecule has 21 heavy (non-hydrogen) atoms. The van der Waals surface area contributed by atoms with E-state index in [2.05, 4.69) is 65.4 Å². The first-order valence-corrected chi connectivity index (χ1v) is 8.03. The lowest BCUT2D eigenvalue weighted by Crippen LogP contribution is -2.19. The summed E-state index contributed by atoms with van der Waals surface area (Å²) in [5.74, 6) is 0.886. The number of ether oxygens (including phenoxy) is 1. The van der Waals surface area contributed by atoms with Crippen LogP contribution in [0.2, 0.25) is 0 Å². The lowest BCUT2D eigenvalue weighted by Gasteiger charge is -2.21. The van der Waals surface area contributed by atoms with E-state index in [1.807, 2.05) is 20.0 Å². The molecule has 1 unspecified atom stereocenters. The molecule has 1 N–H and O–H groups in total. The summed E-state index contributed by atoms with van der Waals surface area (Å²) in [7, 11) is 2.00. The van der Waals surface area contributed by atoms with Crippen molar-refractivity contribution in [3.05, 3.63) is 63.1 Å². The Morgan fingerprint density at radius 3 is 2.57 bits per heavy atom. The predicted molar refractivity (Wildman–Crippen MR) is 92.1 cm³/mol. The second kappa shape index (κ2) is 7.10. The molecular weight excluding hydrogens is 326 g/mol. The summed E-state index contributed by atoms with van der Waals surface area (Å²) in [4.78, 5) is 0. The Morgan fingerprint density at radius 1 is 1.19 bits per heavy atom. The number of nitrogens with one attached hydrogen (secondary N) is 1. The average Bonchev–Trinajstić information content (AvgIpc) is 2.47. The molecule has 0 radical (unpaired) electrons. The van der Waals surface area contributed by atoms with Crippen LogP contribution in [0.1, 0.15) is 35.2 Å². The van der Waals surface area contributed by atoms with Gasteiger partial charge in [0, 0.05) is 0 Å². The fourth-order valence-corrected chi connectivity index (χ4v) is 3.07. The second-order valence-corrected chi connectivity index (χ2v) is 5.99. The molecule has 0 fully saturated rings. The van der Waals surface area contributed by atoms with E-state index in [0.717, 1.165) is 10.2 Å². The monoisotopic (exact) mass is 347 g/mol. The maximum atomic E-state index is 5.59. The Balaban J connectivity index is 2.42. The number of hydrogen-bond acceptors (Lipinski definition) is 2. The van der Waals surface area contributed by atoms with Gasteiger partial charge in [0.05, 0.1) is 17.1 Å². The Bertz CT molecular complexity index is 625. The largest absolute Gasteiger partial charge is 0.493 e. The molecule has 0 saturated heterocycles. The molecule has 2 aromatic carbocycles. The van der Waals surface area contributed by atoms with Crippen LogP contribution in [0.5, 0.6) is 5.75 Å². The van der Waals surface area contributed by atoms with Crippen molar-refractivity contribution in [3.63, 3.8) is 0 Å². The van der Waals surface area contributed by atoms with Crippen molar-refractivity contribution in [2.24, 2.45) is 0 Å². The Labute approximate surface area is 135 Å². The molecule has 0 saturated carbocycles. The molecule has 112 valence electrons. The van der Waals surface area contributed by atoms with Crippen LogP contribution in [-0.2, 0) is 0 Å². The molecule has 2 nitrogen and oxygen atoms in total. The maximum Gasteiger partial charge on any atom is 0.133 e. The highest BCUT2D eigenvalue weighted by Gasteiger charge is 2.16. The Hall–Kier alpha value is -1.32. The third kappa shape index (κ3) is 3.47. The van der Waals surface area contributed by atoms with Gasteiger partial charge < -0.3 is 10.1 Å². The quantitative estimate of drug-likeness (QED) is 0.840. The van der Waals surface area contributed by atoms with Crippen molar-refractivity contribution < 1.29 is 4.74 Å². The van der Waals surface area contributed by atoms with Gasteiger partial charge in [-0.2, -0.15) is 0 Å². The number of halogens is 1. The maximum absolute atomic E-state index is 5.59. The summed E-state index contributed by atoms with van der Waals surface area (Å²) < 4.78 is 6.58. The van der Waals surface area contributed by atoms with Crippen molar-refractivity contribution in [3.8, 4) is 5.75 Å². The van der Waals surface area contributed by atoms with E-state index >= 15 is 0 Å². The van der Waals surface area contributed by atoms with Crippen LogP contribution in [-0.4, -0.2) is 13.7 Å². The number of rotatable bonds is 5. The second-order valence-electron chi connectivity index (χ2n) is 5.13. The molecule has 0 aromatic heterocycles. The topological polar surface area (TPSA) is 21.3 Å². The molecular formula is C18H22BrNO.